The van der Waals surface area contributed by atoms with Crippen molar-refractivity contribution in [1.82, 2.24) is 14.1 Å². The van der Waals surface area contributed by atoms with Crippen molar-refractivity contribution >= 4 is 16.8 Å². The molecule has 0 saturated heterocycles. The number of halogens is 3. The van der Waals surface area contributed by atoms with Gasteiger partial charge in [-0.15, -0.1) is 0 Å². The van der Waals surface area contributed by atoms with Crippen LogP contribution >= 0.6 is 0 Å². The minimum Gasteiger partial charge on any atom is -0.292 e. The molecule has 9 heteroatoms. The van der Waals surface area contributed by atoms with Crippen molar-refractivity contribution < 1.29 is 18.0 Å². The summed E-state index contributed by atoms with van der Waals surface area (Å²) in [5.74, 6) is -0.457. The van der Waals surface area contributed by atoms with E-state index in [0.29, 0.717) is 16.2 Å². The average Bonchev–Trinajstić information content (AvgIpc) is 2.64. The summed E-state index contributed by atoms with van der Waals surface area (Å²) in [5.41, 5.74) is -1.17. The molecule has 0 aliphatic rings. The molecule has 0 amide bonds. The Morgan fingerprint density at radius 1 is 1.07 bits per heavy atom. The van der Waals surface area contributed by atoms with Gasteiger partial charge in [0.15, 0.2) is 5.78 Å². The first-order valence-electron chi connectivity index (χ1n) is 8.29. The molecule has 146 valence electrons. The monoisotopic (exact) mass is 391 g/mol. The molecule has 0 saturated carbocycles. The zero-order valence-electron chi connectivity index (χ0n) is 15.3. The van der Waals surface area contributed by atoms with Crippen LogP contribution in [0.1, 0.15) is 27.2 Å². The van der Waals surface area contributed by atoms with Crippen molar-refractivity contribution in [2.45, 2.75) is 26.6 Å². The Hall–Kier alpha value is -3.23. The molecule has 0 spiro atoms. The lowest BCUT2D eigenvalue weighted by atomic mass is 10.0. The molecular weight excluding hydrogens is 375 g/mol. The van der Waals surface area contributed by atoms with Crippen LogP contribution < -0.4 is 11.2 Å². The van der Waals surface area contributed by atoms with Crippen LogP contribution in [0, 0.1) is 13.8 Å². The van der Waals surface area contributed by atoms with Crippen LogP contribution in [0.2, 0.25) is 0 Å². The molecule has 0 unspecified atom stereocenters. The first-order valence-corrected chi connectivity index (χ1v) is 8.29. The normalized spacial score (nSPS) is 11.8. The summed E-state index contributed by atoms with van der Waals surface area (Å²) >= 11 is 0. The van der Waals surface area contributed by atoms with Gasteiger partial charge in [0.2, 0.25) is 0 Å². The van der Waals surface area contributed by atoms with Gasteiger partial charge < -0.3 is 0 Å². The summed E-state index contributed by atoms with van der Waals surface area (Å²) in [6.07, 6.45) is -4.71. The Labute approximate surface area is 156 Å². The lowest BCUT2D eigenvalue weighted by Gasteiger charge is -2.12. The van der Waals surface area contributed by atoms with E-state index in [-0.39, 0.29) is 11.0 Å². The molecule has 3 aromatic rings. The van der Waals surface area contributed by atoms with E-state index in [2.05, 4.69) is 4.98 Å². The fourth-order valence-corrected chi connectivity index (χ4v) is 2.82. The van der Waals surface area contributed by atoms with Crippen LogP contribution in [-0.4, -0.2) is 19.9 Å². The van der Waals surface area contributed by atoms with Crippen molar-refractivity contribution in [2.75, 3.05) is 0 Å². The van der Waals surface area contributed by atoms with Crippen molar-refractivity contribution in [3.8, 4) is 0 Å². The molecule has 1 aromatic carbocycles. The third-order valence-corrected chi connectivity index (χ3v) is 4.61. The van der Waals surface area contributed by atoms with Crippen molar-refractivity contribution in [1.29, 1.82) is 0 Å². The molecule has 0 aliphatic carbocycles. The molecule has 0 atom stereocenters. The number of alkyl halides is 3. The number of benzene rings is 1. The fourth-order valence-electron chi connectivity index (χ4n) is 2.82. The van der Waals surface area contributed by atoms with Crippen molar-refractivity contribution in [3.05, 3.63) is 73.6 Å². The van der Waals surface area contributed by atoms with E-state index < -0.39 is 35.4 Å². The predicted molar refractivity (Wildman–Crippen MR) is 96.5 cm³/mol. The molecule has 2 heterocycles. The molecule has 0 aliphatic heterocycles. The van der Waals surface area contributed by atoms with Crippen molar-refractivity contribution in [3.63, 3.8) is 0 Å². The second-order valence-electron chi connectivity index (χ2n) is 6.52. The van der Waals surface area contributed by atoms with Gasteiger partial charge in [0.05, 0.1) is 11.9 Å². The third kappa shape index (κ3) is 3.35. The van der Waals surface area contributed by atoms with E-state index in [4.69, 9.17) is 0 Å². The number of carbonyl (C=O) groups is 1. The molecule has 28 heavy (non-hydrogen) atoms. The summed E-state index contributed by atoms with van der Waals surface area (Å²) in [4.78, 5) is 41.1. The molecule has 0 radical (unpaired) electrons. The molecule has 0 N–H and O–H groups in total. The van der Waals surface area contributed by atoms with E-state index in [1.807, 2.05) is 13.8 Å². The third-order valence-electron chi connectivity index (χ3n) is 4.61. The van der Waals surface area contributed by atoms with Gasteiger partial charge in [0.1, 0.15) is 11.3 Å². The van der Waals surface area contributed by atoms with Crippen molar-refractivity contribution in [2.24, 2.45) is 7.05 Å². The predicted octanol–water partition coefficient (Wildman–Crippen LogP) is 2.61. The number of hydrogen-bond donors (Lipinski definition) is 0. The number of fused-ring (bicyclic) bond motifs is 1. The number of ketones is 1. The number of Topliss-reactive ketones (excluding diaryl/α,β-unsaturated/α-hetero) is 1. The number of rotatable bonds is 3. The van der Waals surface area contributed by atoms with Gasteiger partial charge in [-0.05, 0) is 43.2 Å². The smallest absolute Gasteiger partial charge is 0.292 e. The second-order valence-corrected chi connectivity index (χ2v) is 6.52. The first kappa shape index (κ1) is 19.5. The number of pyridine rings is 1. The van der Waals surface area contributed by atoms with Gasteiger partial charge in [-0.2, -0.15) is 13.2 Å². The molecule has 6 nitrogen and oxygen atoms in total. The van der Waals surface area contributed by atoms with Gasteiger partial charge in [-0.1, -0.05) is 12.1 Å². The minimum absolute atomic E-state index is 0.178. The minimum atomic E-state index is -4.71. The highest BCUT2D eigenvalue weighted by atomic mass is 19.4. The number of aromatic nitrogens is 3. The van der Waals surface area contributed by atoms with E-state index in [0.717, 1.165) is 21.8 Å². The van der Waals surface area contributed by atoms with Crippen LogP contribution in [0.3, 0.4) is 0 Å². The Balaban J connectivity index is 2.12. The zero-order chi connectivity index (χ0) is 20.8. The average molecular weight is 391 g/mol. The quantitative estimate of drug-likeness (QED) is 0.644. The lowest BCUT2D eigenvalue weighted by molar-refractivity contribution is -0.141. The van der Waals surface area contributed by atoms with Crippen LogP contribution in [-0.2, 0) is 19.8 Å². The lowest BCUT2D eigenvalue weighted by Crippen LogP contribution is -2.41. The molecular formula is C19H16F3N3O3. The van der Waals surface area contributed by atoms with Gasteiger partial charge in [0.25, 0.3) is 5.56 Å². The largest absolute Gasteiger partial charge is 0.433 e. The maximum absolute atomic E-state index is 12.9. The molecule has 2 aromatic heterocycles. The van der Waals surface area contributed by atoms with E-state index in [1.165, 1.54) is 7.05 Å². The van der Waals surface area contributed by atoms with Gasteiger partial charge in [-0.25, -0.2) is 9.78 Å². The van der Waals surface area contributed by atoms with Crippen LogP contribution in [0.25, 0.3) is 11.0 Å². The Morgan fingerprint density at radius 3 is 2.36 bits per heavy atom. The summed E-state index contributed by atoms with van der Waals surface area (Å²) in [7, 11) is 1.20. The van der Waals surface area contributed by atoms with Crippen LogP contribution in [0.5, 0.6) is 0 Å². The maximum Gasteiger partial charge on any atom is 0.433 e. The Kier molecular flexibility index (Phi) is 4.70. The fraction of sp³-hybridized carbons (Fsp3) is 0.263. The Bertz CT molecular complexity index is 1220. The molecule has 3 rings (SSSR count). The zero-order valence-corrected chi connectivity index (χ0v) is 15.3. The maximum atomic E-state index is 12.9. The second kappa shape index (κ2) is 6.74. The topological polar surface area (TPSA) is 74.0 Å². The number of nitrogens with zero attached hydrogens (tertiary/aromatic N) is 3. The van der Waals surface area contributed by atoms with E-state index in [1.54, 1.807) is 18.2 Å². The summed E-state index contributed by atoms with van der Waals surface area (Å²) in [6.45, 7) is 3.19. The van der Waals surface area contributed by atoms with E-state index in [9.17, 15) is 27.6 Å². The first-order chi connectivity index (χ1) is 13.0. The summed E-state index contributed by atoms with van der Waals surface area (Å²) < 4.78 is 40.1. The van der Waals surface area contributed by atoms with Gasteiger partial charge in [0, 0.05) is 12.6 Å². The van der Waals surface area contributed by atoms with Gasteiger partial charge >= 0.3 is 11.9 Å². The summed E-state index contributed by atoms with van der Waals surface area (Å²) in [5, 5.41) is -0.178. The number of hydrogen-bond acceptors (Lipinski definition) is 4. The number of aryl methyl sites for hydroxylation is 3. The van der Waals surface area contributed by atoms with Crippen LogP contribution in [0.4, 0.5) is 13.2 Å². The van der Waals surface area contributed by atoms with E-state index >= 15 is 0 Å². The molecule has 0 fully saturated rings. The summed E-state index contributed by atoms with van der Waals surface area (Å²) in [6, 6.07) is 6.64. The highest BCUT2D eigenvalue weighted by Gasteiger charge is 2.33. The highest BCUT2D eigenvalue weighted by molar-refractivity contribution is 5.96. The SMILES string of the molecule is Cc1ccc(C(=O)Cn2c(=O)c3ccc(C(F)(F)F)nc3n(C)c2=O)cc1C. The number of carbonyl (C=O) groups excluding carboxylic acids is 1. The highest BCUT2D eigenvalue weighted by Crippen LogP contribution is 2.28. The Morgan fingerprint density at radius 2 is 1.75 bits per heavy atom. The standard InChI is InChI=1S/C19H16F3N3O3/c1-10-4-5-12(8-11(10)2)14(26)9-25-17(27)13-6-7-15(19(20,21)22)23-16(13)24(3)18(25)28/h4-8H,9H2,1-3H3. The molecule has 0 bridgehead atoms. The van der Waals surface area contributed by atoms with Crippen LogP contribution in [0.15, 0.2) is 39.9 Å². The van der Waals surface area contributed by atoms with Gasteiger partial charge in [-0.3, -0.25) is 18.7 Å².